The number of nitrogens with two attached hydrogens (primary N) is 1. The quantitative estimate of drug-likeness (QED) is 0.425. The number of nitrogens with one attached hydrogen (secondary N) is 1. The van der Waals surface area contributed by atoms with Gasteiger partial charge < -0.3 is 26.0 Å². The van der Waals surface area contributed by atoms with Crippen molar-refractivity contribution in [1.29, 1.82) is 0 Å². The number of amides is 3. The molecule has 0 saturated carbocycles. The SMILES string of the molecule is CC(NC(=O)C(N)CS)C(=O)N1CCCC1C(=O)N1CCCC1C(=O)O. The van der Waals surface area contributed by atoms with Gasteiger partial charge in [0.2, 0.25) is 17.7 Å². The summed E-state index contributed by atoms with van der Waals surface area (Å²) in [7, 11) is 0. The van der Waals surface area contributed by atoms with E-state index in [9.17, 15) is 24.3 Å². The molecule has 0 aromatic rings. The van der Waals surface area contributed by atoms with Gasteiger partial charge in [-0.1, -0.05) is 0 Å². The van der Waals surface area contributed by atoms with E-state index >= 15 is 0 Å². The minimum Gasteiger partial charge on any atom is -0.480 e. The van der Waals surface area contributed by atoms with Crippen molar-refractivity contribution in [3.63, 3.8) is 0 Å². The number of carboxylic acids is 1. The molecule has 0 spiro atoms. The fourth-order valence-corrected chi connectivity index (χ4v) is 3.65. The highest BCUT2D eigenvalue weighted by molar-refractivity contribution is 7.80. The third-order valence-electron chi connectivity index (χ3n) is 4.90. The van der Waals surface area contributed by atoms with Crippen LogP contribution in [-0.2, 0) is 19.2 Å². The highest BCUT2D eigenvalue weighted by atomic mass is 32.1. The Bertz CT molecular complexity index is 587. The highest BCUT2D eigenvalue weighted by Crippen LogP contribution is 2.25. The van der Waals surface area contributed by atoms with Gasteiger partial charge in [-0.3, -0.25) is 14.4 Å². The Morgan fingerprint density at radius 3 is 2.31 bits per heavy atom. The number of carbonyl (C=O) groups excluding carboxylic acids is 3. The number of nitrogens with zero attached hydrogens (tertiary/aromatic N) is 2. The number of likely N-dealkylation sites (tertiary alicyclic amines) is 2. The molecule has 0 bridgehead atoms. The summed E-state index contributed by atoms with van der Waals surface area (Å²) in [4.78, 5) is 51.5. The number of rotatable bonds is 6. The van der Waals surface area contributed by atoms with Crippen LogP contribution in [-0.4, -0.2) is 81.6 Å². The zero-order valence-corrected chi connectivity index (χ0v) is 15.7. The van der Waals surface area contributed by atoms with Gasteiger partial charge in [-0.2, -0.15) is 12.6 Å². The van der Waals surface area contributed by atoms with Crippen LogP contribution in [0.15, 0.2) is 0 Å². The van der Waals surface area contributed by atoms with E-state index in [2.05, 4.69) is 17.9 Å². The Morgan fingerprint density at radius 2 is 1.73 bits per heavy atom. The molecule has 146 valence electrons. The fourth-order valence-electron chi connectivity index (χ4n) is 3.48. The van der Waals surface area contributed by atoms with Gasteiger partial charge in [0.15, 0.2) is 0 Å². The van der Waals surface area contributed by atoms with Gasteiger partial charge in [0.25, 0.3) is 0 Å². The minimum atomic E-state index is -1.02. The van der Waals surface area contributed by atoms with E-state index in [0.717, 1.165) is 0 Å². The molecule has 9 nitrogen and oxygen atoms in total. The van der Waals surface area contributed by atoms with Crippen LogP contribution in [0.1, 0.15) is 32.6 Å². The van der Waals surface area contributed by atoms with Crippen molar-refractivity contribution >= 4 is 36.3 Å². The molecule has 2 rings (SSSR count). The van der Waals surface area contributed by atoms with Gasteiger partial charge >= 0.3 is 5.97 Å². The molecule has 0 aromatic carbocycles. The number of carboxylic acid groups (broad SMARTS) is 1. The van der Waals surface area contributed by atoms with Crippen LogP contribution in [0.3, 0.4) is 0 Å². The van der Waals surface area contributed by atoms with Gasteiger partial charge in [0.1, 0.15) is 18.1 Å². The maximum Gasteiger partial charge on any atom is 0.326 e. The Balaban J connectivity index is 2.04. The molecule has 3 amide bonds. The number of aliphatic carboxylic acids is 1. The molecular weight excluding hydrogens is 360 g/mol. The molecule has 0 radical (unpaired) electrons. The van der Waals surface area contributed by atoms with E-state index < -0.39 is 36.0 Å². The first-order chi connectivity index (χ1) is 12.3. The molecule has 4 unspecified atom stereocenters. The van der Waals surface area contributed by atoms with Crippen molar-refractivity contribution in [1.82, 2.24) is 15.1 Å². The summed E-state index contributed by atoms with van der Waals surface area (Å²) >= 11 is 3.95. The number of hydrogen-bond donors (Lipinski definition) is 4. The van der Waals surface area contributed by atoms with Gasteiger partial charge in [0.05, 0.1) is 6.04 Å². The molecule has 2 fully saturated rings. The van der Waals surface area contributed by atoms with Crippen molar-refractivity contribution in [3.8, 4) is 0 Å². The summed E-state index contributed by atoms with van der Waals surface area (Å²) in [5.41, 5.74) is 5.59. The summed E-state index contributed by atoms with van der Waals surface area (Å²) in [6, 6.07) is -3.15. The molecule has 2 aliphatic heterocycles. The van der Waals surface area contributed by atoms with Gasteiger partial charge in [-0.05, 0) is 32.6 Å². The molecule has 4 N–H and O–H groups in total. The van der Waals surface area contributed by atoms with E-state index in [-0.39, 0.29) is 17.6 Å². The van der Waals surface area contributed by atoms with Crippen molar-refractivity contribution in [3.05, 3.63) is 0 Å². The summed E-state index contributed by atoms with van der Waals surface area (Å²) in [5.74, 6) is -2.04. The zero-order valence-electron chi connectivity index (χ0n) is 14.8. The highest BCUT2D eigenvalue weighted by Gasteiger charge is 2.42. The largest absolute Gasteiger partial charge is 0.480 e. The van der Waals surface area contributed by atoms with Gasteiger partial charge in [-0.15, -0.1) is 0 Å². The van der Waals surface area contributed by atoms with E-state index in [1.165, 1.54) is 9.80 Å². The normalized spacial score (nSPS) is 25.0. The van der Waals surface area contributed by atoms with Crippen LogP contribution in [0.2, 0.25) is 0 Å². The zero-order chi connectivity index (χ0) is 19.4. The van der Waals surface area contributed by atoms with Crippen LogP contribution in [0.4, 0.5) is 0 Å². The first kappa shape index (κ1) is 20.5. The second-order valence-corrected chi connectivity index (χ2v) is 7.10. The smallest absolute Gasteiger partial charge is 0.326 e. The molecular formula is C16H26N4O5S. The summed E-state index contributed by atoms with van der Waals surface area (Å²) < 4.78 is 0. The maximum atomic E-state index is 12.8. The third kappa shape index (κ3) is 4.29. The average Bonchev–Trinajstić information content (AvgIpc) is 3.28. The lowest BCUT2D eigenvalue weighted by Crippen LogP contribution is -2.56. The molecule has 4 atom stereocenters. The van der Waals surface area contributed by atoms with Crippen LogP contribution < -0.4 is 11.1 Å². The number of thiol groups is 1. The molecule has 0 aliphatic carbocycles. The third-order valence-corrected chi connectivity index (χ3v) is 5.30. The van der Waals surface area contributed by atoms with Crippen LogP contribution in [0.25, 0.3) is 0 Å². The molecule has 2 heterocycles. The Hall–Kier alpha value is -1.81. The van der Waals surface area contributed by atoms with Crippen molar-refractivity contribution in [2.45, 2.75) is 56.8 Å². The van der Waals surface area contributed by atoms with Gasteiger partial charge in [0, 0.05) is 18.8 Å². The van der Waals surface area contributed by atoms with Crippen molar-refractivity contribution in [2.24, 2.45) is 5.73 Å². The van der Waals surface area contributed by atoms with Crippen LogP contribution >= 0.6 is 12.6 Å². The monoisotopic (exact) mass is 386 g/mol. The fraction of sp³-hybridized carbons (Fsp3) is 0.750. The van der Waals surface area contributed by atoms with Crippen LogP contribution in [0, 0.1) is 0 Å². The van der Waals surface area contributed by atoms with Crippen molar-refractivity contribution < 1.29 is 24.3 Å². The first-order valence-corrected chi connectivity index (χ1v) is 9.41. The number of carbonyl (C=O) groups is 4. The topological polar surface area (TPSA) is 133 Å². The molecule has 2 aliphatic rings. The second kappa shape index (κ2) is 8.72. The Morgan fingerprint density at radius 1 is 1.15 bits per heavy atom. The molecule has 0 aromatic heterocycles. The summed E-state index contributed by atoms with van der Waals surface area (Å²) in [6.45, 7) is 2.33. The Kier molecular flexibility index (Phi) is 6.87. The average molecular weight is 386 g/mol. The lowest BCUT2D eigenvalue weighted by atomic mass is 10.1. The molecule has 26 heavy (non-hydrogen) atoms. The maximum absolute atomic E-state index is 12.8. The molecule has 10 heteroatoms. The van der Waals surface area contributed by atoms with Crippen LogP contribution in [0.5, 0.6) is 0 Å². The van der Waals surface area contributed by atoms with Crippen molar-refractivity contribution in [2.75, 3.05) is 18.8 Å². The predicted molar refractivity (Wildman–Crippen MR) is 96.5 cm³/mol. The molecule has 2 saturated heterocycles. The van der Waals surface area contributed by atoms with Gasteiger partial charge in [-0.25, -0.2) is 4.79 Å². The standard InChI is InChI=1S/C16H26N4O5S/c1-9(18-13(21)10(17)8-26)14(22)19-6-2-4-11(19)15(23)20-7-3-5-12(20)16(24)25/h9-12,26H,2-8,17H2,1H3,(H,18,21)(H,24,25). The predicted octanol–water partition coefficient (Wildman–Crippen LogP) is -1.19. The number of hydrogen-bond acceptors (Lipinski definition) is 6. The first-order valence-electron chi connectivity index (χ1n) is 8.78. The lowest BCUT2D eigenvalue weighted by molar-refractivity contribution is -0.152. The van der Waals surface area contributed by atoms with E-state index in [4.69, 9.17) is 5.73 Å². The van der Waals surface area contributed by atoms with E-state index in [1.807, 2.05) is 0 Å². The van der Waals surface area contributed by atoms with E-state index in [0.29, 0.717) is 38.8 Å². The lowest BCUT2D eigenvalue weighted by Gasteiger charge is -2.31. The van der Waals surface area contributed by atoms with E-state index in [1.54, 1.807) is 6.92 Å². The minimum absolute atomic E-state index is 0.156. The summed E-state index contributed by atoms with van der Waals surface area (Å²) in [6.07, 6.45) is 2.21. The second-order valence-electron chi connectivity index (χ2n) is 6.74. The summed E-state index contributed by atoms with van der Waals surface area (Å²) in [5, 5.41) is 11.8. The Labute approximate surface area is 157 Å².